The summed E-state index contributed by atoms with van der Waals surface area (Å²) in [5.74, 6) is 1.06. The van der Waals surface area contributed by atoms with Crippen LogP contribution in [0.4, 0.5) is 9.18 Å². The lowest BCUT2D eigenvalue weighted by molar-refractivity contribution is -0.129. The standard InChI is InChI=1S/C31H47FN4O5S2/c1-31(2,3)41-30(40)36(21-42-4)18-27(37)34-26(20-43-19-22-8-6-5-7-9-22)28(38)33-25-14-16-35(17-15-25)29(39)23-10-12-24(32)13-11-23/h10-13,22,25-26H,5-9,14-21H2,1-4H3,(H,33,38)(H,34,37). The van der Waals surface area contributed by atoms with Gasteiger partial charge in [-0.3, -0.25) is 19.3 Å². The van der Waals surface area contributed by atoms with Crippen molar-refractivity contribution in [3.8, 4) is 0 Å². The molecule has 1 heterocycles. The van der Waals surface area contributed by atoms with Crippen LogP contribution in [-0.4, -0.2) is 94.6 Å². The van der Waals surface area contributed by atoms with Crippen molar-refractivity contribution in [3.63, 3.8) is 0 Å². The number of hydrogen-bond donors (Lipinski definition) is 2. The first-order chi connectivity index (χ1) is 20.4. The van der Waals surface area contributed by atoms with E-state index < -0.39 is 29.5 Å². The second-order valence-electron chi connectivity index (χ2n) is 12.3. The van der Waals surface area contributed by atoms with Crippen LogP contribution in [0, 0.1) is 11.7 Å². The maximum atomic E-state index is 13.5. The third kappa shape index (κ3) is 12.2. The Kier molecular flexibility index (Phi) is 13.9. The highest BCUT2D eigenvalue weighted by atomic mass is 32.2. The van der Waals surface area contributed by atoms with Gasteiger partial charge in [0.15, 0.2) is 0 Å². The molecule has 2 N–H and O–H groups in total. The normalized spacial score (nSPS) is 17.2. The van der Waals surface area contributed by atoms with Crippen molar-refractivity contribution in [3.05, 3.63) is 35.6 Å². The SMILES string of the molecule is CSCN(CC(=O)NC(CSCC1CCCCC1)C(=O)NC1CCN(C(=O)c2ccc(F)cc2)CC1)C(=O)OC(C)(C)C. The third-order valence-electron chi connectivity index (χ3n) is 7.51. The van der Waals surface area contributed by atoms with Crippen molar-refractivity contribution in [2.75, 3.05) is 43.3 Å². The summed E-state index contributed by atoms with van der Waals surface area (Å²) in [7, 11) is 0. The smallest absolute Gasteiger partial charge is 0.411 e. The minimum absolute atomic E-state index is 0.137. The molecule has 0 radical (unpaired) electrons. The Morgan fingerprint density at radius 3 is 2.30 bits per heavy atom. The van der Waals surface area contributed by atoms with Gasteiger partial charge in [0, 0.05) is 30.4 Å². The molecule has 9 nitrogen and oxygen atoms in total. The van der Waals surface area contributed by atoms with Gasteiger partial charge < -0.3 is 20.3 Å². The summed E-state index contributed by atoms with van der Waals surface area (Å²) in [4.78, 5) is 55.1. The van der Waals surface area contributed by atoms with Crippen molar-refractivity contribution in [1.29, 1.82) is 0 Å². The number of rotatable bonds is 12. The van der Waals surface area contributed by atoms with E-state index in [4.69, 9.17) is 4.74 Å². The van der Waals surface area contributed by atoms with E-state index in [1.54, 1.807) is 37.4 Å². The molecule has 3 rings (SSSR count). The Labute approximate surface area is 263 Å². The van der Waals surface area contributed by atoms with E-state index in [0.29, 0.717) is 43.2 Å². The quantitative estimate of drug-likeness (QED) is 0.314. The number of ether oxygens (including phenoxy) is 1. The van der Waals surface area contributed by atoms with Crippen LogP contribution < -0.4 is 10.6 Å². The van der Waals surface area contributed by atoms with Gasteiger partial charge in [-0.15, -0.1) is 11.8 Å². The molecule has 12 heteroatoms. The Bertz CT molecular complexity index is 1070. The number of hydrogen-bond acceptors (Lipinski definition) is 7. The Morgan fingerprint density at radius 2 is 1.70 bits per heavy atom. The predicted molar refractivity (Wildman–Crippen MR) is 171 cm³/mol. The van der Waals surface area contributed by atoms with Gasteiger partial charge in [0.25, 0.3) is 5.91 Å². The first kappa shape index (κ1) is 35.0. The molecule has 1 aromatic rings. The molecule has 1 aliphatic carbocycles. The fourth-order valence-corrected chi connectivity index (χ4v) is 7.03. The number of carbonyl (C=O) groups is 4. The van der Waals surface area contributed by atoms with Gasteiger partial charge in [0.05, 0.1) is 5.88 Å². The van der Waals surface area contributed by atoms with E-state index in [-0.39, 0.29) is 30.3 Å². The van der Waals surface area contributed by atoms with Crippen molar-refractivity contribution < 1.29 is 28.3 Å². The zero-order valence-electron chi connectivity index (χ0n) is 25.9. The van der Waals surface area contributed by atoms with Crippen LogP contribution in [0.3, 0.4) is 0 Å². The summed E-state index contributed by atoms with van der Waals surface area (Å²) in [5, 5.41) is 5.97. The second-order valence-corrected chi connectivity index (χ2v) is 14.3. The summed E-state index contributed by atoms with van der Waals surface area (Å²) < 4.78 is 18.7. The van der Waals surface area contributed by atoms with Crippen LogP contribution >= 0.6 is 23.5 Å². The van der Waals surface area contributed by atoms with Crippen LogP contribution in [0.1, 0.15) is 76.1 Å². The highest BCUT2D eigenvalue weighted by molar-refractivity contribution is 7.99. The molecule has 2 fully saturated rings. The maximum Gasteiger partial charge on any atom is 0.411 e. The molecule has 43 heavy (non-hydrogen) atoms. The number of benzene rings is 1. The fraction of sp³-hybridized carbons (Fsp3) is 0.677. The number of nitrogens with one attached hydrogen (secondary N) is 2. The Morgan fingerprint density at radius 1 is 1.05 bits per heavy atom. The minimum Gasteiger partial charge on any atom is -0.444 e. The summed E-state index contributed by atoms with van der Waals surface area (Å²) in [6.45, 7) is 6.04. The molecule has 0 bridgehead atoms. The largest absolute Gasteiger partial charge is 0.444 e. The van der Waals surface area contributed by atoms with E-state index in [2.05, 4.69) is 10.6 Å². The lowest BCUT2D eigenvalue weighted by Crippen LogP contribution is -2.55. The number of halogens is 1. The Hall–Kier alpha value is -2.47. The Balaban J connectivity index is 1.57. The lowest BCUT2D eigenvalue weighted by atomic mass is 9.91. The summed E-state index contributed by atoms with van der Waals surface area (Å²) in [6, 6.07) is 4.61. The lowest BCUT2D eigenvalue weighted by Gasteiger charge is -2.33. The van der Waals surface area contributed by atoms with Crippen molar-refractivity contribution in [1.82, 2.24) is 20.4 Å². The van der Waals surface area contributed by atoms with Crippen LogP contribution in [0.2, 0.25) is 0 Å². The van der Waals surface area contributed by atoms with Gasteiger partial charge in [-0.2, -0.15) is 11.8 Å². The number of likely N-dealkylation sites (tertiary alicyclic amines) is 1. The van der Waals surface area contributed by atoms with Gasteiger partial charge in [0.2, 0.25) is 11.8 Å². The van der Waals surface area contributed by atoms with Crippen LogP contribution in [-0.2, 0) is 14.3 Å². The zero-order valence-corrected chi connectivity index (χ0v) is 27.5. The van der Waals surface area contributed by atoms with Crippen LogP contribution in [0.5, 0.6) is 0 Å². The molecule has 2 aliphatic rings. The first-order valence-corrected chi connectivity index (χ1v) is 17.7. The summed E-state index contributed by atoms with van der Waals surface area (Å²) >= 11 is 3.08. The maximum absolute atomic E-state index is 13.5. The molecule has 240 valence electrons. The molecule has 0 spiro atoms. The van der Waals surface area contributed by atoms with E-state index in [0.717, 1.165) is 5.75 Å². The summed E-state index contributed by atoms with van der Waals surface area (Å²) in [6.07, 6.45) is 8.58. The number of carbonyl (C=O) groups excluding carboxylic acids is 4. The fourth-order valence-electron chi connectivity index (χ4n) is 5.25. The first-order valence-electron chi connectivity index (χ1n) is 15.1. The molecule has 4 amide bonds. The molecule has 1 atom stereocenters. The molecule has 1 aromatic carbocycles. The number of thioether (sulfide) groups is 2. The van der Waals surface area contributed by atoms with Crippen molar-refractivity contribution in [2.45, 2.75) is 83.4 Å². The monoisotopic (exact) mass is 638 g/mol. The second kappa shape index (κ2) is 17.1. The topological polar surface area (TPSA) is 108 Å². The van der Waals surface area contributed by atoms with Gasteiger partial charge in [-0.05, 0) is 88.6 Å². The molecule has 1 saturated heterocycles. The average Bonchev–Trinajstić information content (AvgIpc) is 2.96. The number of nitrogens with zero attached hydrogens (tertiary/aromatic N) is 2. The molecule has 1 aliphatic heterocycles. The third-order valence-corrected chi connectivity index (χ3v) is 9.35. The van der Waals surface area contributed by atoms with Crippen LogP contribution in [0.25, 0.3) is 0 Å². The molecular weight excluding hydrogens is 591 g/mol. The number of amides is 4. The van der Waals surface area contributed by atoms with E-state index in [1.165, 1.54) is 73.0 Å². The molecule has 1 saturated carbocycles. The number of piperidine rings is 1. The van der Waals surface area contributed by atoms with Crippen molar-refractivity contribution in [2.24, 2.45) is 5.92 Å². The predicted octanol–water partition coefficient (Wildman–Crippen LogP) is 4.90. The highest BCUT2D eigenvalue weighted by Gasteiger charge is 2.30. The molecular formula is C31H47FN4O5S2. The van der Waals surface area contributed by atoms with Gasteiger partial charge in [-0.1, -0.05) is 19.3 Å². The van der Waals surface area contributed by atoms with Gasteiger partial charge in [-0.25, -0.2) is 9.18 Å². The summed E-state index contributed by atoms with van der Waals surface area (Å²) in [5.41, 5.74) is -0.259. The molecule has 1 unspecified atom stereocenters. The average molecular weight is 639 g/mol. The zero-order chi connectivity index (χ0) is 31.4. The minimum atomic E-state index is -0.755. The highest BCUT2D eigenvalue weighted by Crippen LogP contribution is 2.27. The van der Waals surface area contributed by atoms with Crippen molar-refractivity contribution >= 4 is 47.3 Å². The van der Waals surface area contributed by atoms with Crippen LogP contribution in [0.15, 0.2) is 24.3 Å². The molecule has 0 aromatic heterocycles. The van der Waals surface area contributed by atoms with E-state index in [1.807, 2.05) is 6.26 Å². The van der Waals surface area contributed by atoms with Gasteiger partial charge in [0.1, 0.15) is 24.0 Å². The van der Waals surface area contributed by atoms with E-state index in [9.17, 15) is 23.6 Å². The van der Waals surface area contributed by atoms with Gasteiger partial charge >= 0.3 is 6.09 Å². The van der Waals surface area contributed by atoms with E-state index >= 15 is 0 Å².